The SMILES string of the molecule is CC(C)(O)COc1cc(Br)c2c(C#N)cnn2c1.COc1ccc(OC2CCN(c3ccn(-c4cc(OCC(C)(C)O)cn5ncc(C#N)c45)n3)CC2)cn1.COc1ccc(OC2CCN(c3ccn[nH]3)CC2)cn1. The maximum atomic E-state index is 10.1. The molecule has 2 fully saturated rings. The summed E-state index contributed by atoms with van der Waals surface area (Å²) in [6.45, 7) is 10.5. The fraction of sp³-hybridized carbons (Fsp3) is 0.385. The van der Waals surface area contributed by atoms with Crippen molar-refractivity contribution in [1.82, 2.24) is 49.2 Å². The Labute approximate surface area is 441 Å². The molecule has 2 saturated heterocycles. The van der Waals surface area contributed by atoms with Crippen LogP contribution in [0.15, 0.2) is 103 Å². The maximum Gasteiger partial charge on any atom is 0.213 e. The van der Waals surface area contributed by atoms with Crippen LogP contribution >= 0.6 is 15.9 Å². The minimum absolute atomic E-state index is 0.0998. The molecule has 0 spiro atoms. The Kier molecular flexibility index (Phi) is 16.9. The molecular weight excluding hydrogens is 1030 g/mol. The molecule has 10 rings (SSSR count). The summed E-state index contributed by atoms with van der Waals surface area (Å²) in [4.78, 5) is 12.9. The van der Waals surface area contributed by atoms with Crippen LogP contribution in [0.5, 0.6) is 34.8 Å². The van der Waals surface area contributed by atoms with Crippen molar-refractivity contribution in [2.45, 2.75) is 76.8 Å². The van der Waals surface area contributed by atoms with Crippen LogP contribution in [0.1, 0.15) is 64.5 Å². The number of nitrogens with one attached hydrogen (secondary N) is 1. The Hall–Kier alpha value is -8.12. The molecule has 0 atom stereocenters. The highest BCUT2D eigenvalue weighted by Gasteiger charge is 2.25. The van der Waals surface area contributed by atoms with Gasteiger partial charge in [-0.3, -0.25) is 5.10 Å². The number of aromatic amines is 1. The van der Waals surface area contributed by atoms with Gasteiger partial charge in [0.25, 0.3) is 0 Å². The number of anilines is 2. The average molecular weight is 1090 g/mol. The third kappa shape index (κ3) is 14.1. The van der Waals surface area contributed by atoms with Crippen molar-refractivity contribution in [3.05, 3.63) is 114 Å². The van der Waals surface area contributed by atoms with E-state index in [9.17, 15) is 15.5 Å². The molecule has 0 unspecified atom stereocenters. The minimum Gasteiger partial charge on any atom is -0.489 e. The van der Waals surface area contributed by atoms with Gasteiger partial charge in [0, 0.05) is 92.9 Å². The number of nitrogens with zero attached hydrogens (tertiary/aromatic N) is 13. The lowest BCUT2D eigenvalue weighted by molar-refractivity contribution is 0.0280. The highest BCUT2D eigenvalue weighted by atomic mass is 79.9. The van der Waals surface area contributed by atoms with Crippen LogP contribution in [-0.4, -0.2) is 136 Å². The number of fused-ring (bicyclic) bond motifs is 2. The second kappa shape index (κ2) is 23.8. The number of aliphatic hydroxyl groups is 2. The summed E-state index contributed by atoms with van der Waals surface area (Å²) in [5.74, 6) is 5.69. The van der Waals surface area contributed by atoms with Crippen molar-refractivity contribution in [2.75, 3.05) is 63.4 Å². The molecule has 8 aromatic rings. The third-order valence-electron chi connectivity index (χ3n) is 11.8. The largest absolute Gasteiger partial charge is 0.489 e. The van der Waals surface area contributed by atoms with Gasteiger partial charge < -0.3 is 48.4 Å². The molecule has 23 heteroatoms. The summed E-state index contributed by atoms with van der Waals surface area (Å²) in [5.41, 5.74) is 1.04. The van der Waals surface area contributed by atoms with E-state index in [4.69, 9.17) is 38.8 Å². The average Bonchev–Trinajstić information content (AvgIpc) is 4.27. The lowest BCUT2D eigenvalue weighted by atomic mass is 10.1. The fourth-order valence-electron chi connectivity index (χ4n) is 8.10. The fourth-order valence-corrected chi connectivity index (χ4v) is 8.72. The number of aromatic nitrogens is 10. The van der Waals surface area contributed by atoms with E-state index in [-0.39, 0.29) is 25.4 Å². The van der Waals surface area contributed by atoms with E-state index in [1.54, 1.807) is 98.7 Å². The zero-order valence-electron chi connectivity index (χ0n) is 42.5. The number of rotatable bonds is 15. The zero-order chi connectivity index (χ0) is 53.1. The summed E-state index contributed by atoms with van der Waals surface area (Å²) in [6.07, 6.45) is 17.4. The first-order chi connectivity index (χ1) is 36.1. The van der Waals surface area contributed by atoms with Gasteiger partial charge in [0.2, 0.25) is 11.8 Å². The molecule has 2 aliphatic heterocycles. The number of H-pyrrole nitrogens is 1. The number of methoxy groups -OCH3 is 2. The number of hydrogen-bond donors (Lipinski definition) is 3. The van der Waals surface area contributed by atoms with Crippen LogP contribution in [0.2, 0.25) is 0 Å². The van der Waals surface area contributed by atoms with Crippen LogP contribution < -0.4 is 38.2 Å². The highest BCUT2D eigenvalue weighted by molar-refractivity contribution is 9.10. The molecule has 0 saturated carbocycles. The van der Waals surface area contributed by atoms with Gasteiger partial charge in [0.05, 0.1) is 91.1 Å². The molecule has 22 nitrogen and oxygen atoms in total. The van der Waals surface area contributed by atoms with Gasteiger partial charge in [0.1, 0.15) is 71.9 Å². The first-order valence-electron chi connectivity index (χ1n) is 24.2. The van der Waals surface area contributed by atoms with Crippen LogP contribution in [0.25, 0.3) is 16.7 Å². The molecule has 392 valence electrons. The Morgan fingerprint density at radius 2 is 1.20 bits per heavy atom. The number of ether oxygens (including phenoxy) is 6. The topological polar surface area (TPSA) is 257 Å². The van der Waals surface area contributed by atoms with Crippen LogP contribution in [-0.2, 0) is 0 Å². The normalized spacial score (nSPS) is 14.2. The predicted octanol–water partition coefficient (Wildman–Crippen LogP) is 6.97. The number of nitriles is 2. The first-order valence-corrected chi connectivity index (χ1v) is 25.0. The Bertz CT molecular complexity index is 3190. The number of pyridine rings is 4. The molecule has 0 amide bonds. The van der Waals surface area contributed by atoms with Crippen molar-refractivity contribution in [2.24, 2.45) is 0 Å². The molecule has 3 N–H and O–H groups in total. The quantitative estimate of drug-likeness (QED) is 0.0936. The second-order valence-corrected chi connectivity index (χ2v) is 19.8. The van der Waals surface area contributed by atoms with Gasteiger partial charge in [-0.15, -0.1) is 0 Å². The minimum atomic E-state index is -0.990. The number of piperidine rings is 2. The second-order valence-electron chi connectivity index (χ2n) is 19.0. The van der Waals surface area contributed by atoms with Crippen molar-refractivity contribution >= 4 is 38.6 Å². The van der Waals surface area contributed by atoms with Crippen molar-refractivity contribution in [1.29, 1.82) is 10.5 Å². The number of hydrogen-bond acceptors (Lipinski definition) is 18. The molecular formula is C52H59BrN14O8. The van der Waals surface area contributed by atoms with E-state index in [0.29, 0.717) is 51.1 Å². The van der Waals surface area contributed by atoms with Gasteiger partial charge in [-0.1, -0.05) is 0 Å². The monoisotopic (exact) mass is 1090 g/mol. The van der Waals surface area contributed by atoms with E-state index in [2.05, 4.69) is 68.2 Å². The van der Waals surface area contributed by atoms with Gasteiger partial charge >= 0.3 is 0 Å². The standard InChI is InChI=1S/C26H29N7O4.C14H18N4O2.C12H12BrN3O2/c1-26(2,34)17-36-21-12-22(25-18(13-27)14-29-33(25)16-21)32-11-8-23(30-32)31-9-6-19(7-10-31)37-20-4-5-24(35-3)28-15-20;1-19-14-3-2-12(10-15-14)20-11-5-8-18(9-6-11)13-4-7-16-17-13;1-12(2,17)7-18-9-3-10(13)11-8(4-14)5-15-16(11)6-9/h4-5,8,11-12,14-16,19,34H,6-7,9-10,17H2,1-3H3;2-4,7,10-11H,5-6,8-9H2,1H3,(H,16,17);3,5-6,17H,7H2,1-2H3. The molecule has 10 heterocycles. The van der Waals surface area contributed by atoms with Gasteiger partial charge in [0.15, 0.2) is 5.82 Å². The summed E-state index contributed by atoms with van der Waals surface area (Å²) in [7, 11) is 3.19. The summed E-state index contributed by atoms with van der Waals surface area (Å²) in [6, 6.07) is 19.1. The van der Waals surface area contributed by atoms with E-state index in [1.807, 2.05) is 42.6 Å². The Morgan fingerprint density at radius 1 is 0.680 bits per heavy atom. The molecule has 0 bridgehead atoms. The van der Waals surface area contributed by atoms with Gasteiger partial charge in [-0.2, -0.15) is 30.9 Å². The number of halogens is 1. The van der Waals surface area contributed by atoms with Crippen LogP contribution in [0.4, 0.5) is 11.6 Å². The van der Waals surface area contributed by atoms with E-state index in [1.165, 1.54) is 12.4 Å². The molecule has 0 radical (unpaired) electrons. The third-order valence-corrected chi connectivity index (χ3v) is 12.4. The lowest BCUT2D eigenvalue weighted by Crippen LogP contribution is -2.38. The highest BCUT2D eigenvalue weighted by Crippen LogP contribution is 2.30. The lowest BCUT2D eigenvalue weighted by Gasteiger charge is -2.32. The zero-order valence-corrected chi connectivity index (χ0v) is 44.1. The van der Waals surface area contributed by atoms with Crippen molar-refractivity contribution < 1.29 is 38.6 Å². The maximum absolute atomic E-state index is 10.1. The van der Waals surface area contributed by atoms with Gasteiger partial charge in [-0.25, -0.2) is 23.7 Å². The summed E-state index contributed by atoms with van der Waals surface area (Å²) >= 11 is 3.38. The molecule has 0 aromatic carbocycles. The Morgan fingerprint density at radius 3 is 1.68 bits per heavy atom. The Balaban J connectivity index is 0.000000165. The molecule has 2 aliphatic rings. The van der Waals surface area contributed by atoms with Gasteiger partial charge in [-0.05, 0) is 61.8 Å². The summed E-state index contributed by atoms with van der Waals surface area (Å²) in [5, 5.41) is 58.4. The molecule has 0 aliphatic carbocycles. The van der Waals surface area contributed by atoms with Crippen molar-refractivity contribution in [3.8, 4) is 52.6 Å². The smallest absolute Gasteiger partial charge is 0.213 e. The van der Waals surface area contributed by atoms with E-state index in [0.717, 1.165) is 79.5 Å². The van der Waals surface area contributed by atoms with Crippen molar-refractivity contribution in [3.63, 3.8) is 0 Å². The van der Waals surface area contributed by atoms with Crippen LogP contribution in [0.3, 0.4) is 0 Å². The molecule has 8 aromatic heterocycles. The first kappa shape index (κ1) is 53.2. The molecule has 75 heavy (non-hydrogen) atoms. The van der Waals surface area contributed by atoms with Crippen LogP contribution in [0, 0.1) is 22.7 Å². The van der Waals surface area contributed by atoms with E-state index >= 15 is 0 Å². The van der Waals surface area contributed by atoms with E-state index < -0.39 is 11.2 Å². The predicted molar refractivity (Wildman–Crippen MR) is 280 cm³/mol. The summed E-state index contributed by atoms with van der Waals surface area (Å²) < 4.78 is 39.1.